The Morgan fingerprint density at radius 3 is 2.47 bits per heavy atom. The molecule has 3 N–H and O–H groups in total. The van der Waals surface area contributed by atoms with E-state index in [1.54, 1.807) is 18.4 Å². The second-order valence-electron chi connectivity index (χ2n) is 3.85. The van der Waals surface area contributed by atoms with Gasteiger partial charge in [-0.1, -0.05) is 28.1 Å². The van der Waals surface area contributed by atoms with E-state index in [0.29, 0.717) is 12.3 Å². The maximum absolute atomic E-state index is 10.2. The van der Waals surface area contributed by atoms with Crippen LogP contribution in [0.4, 0.5) is 0 Å². The minimum Gasteiger partial charge on any atom is -0.467 e. The average Bonchev–Trinajstić information content (AvgIpc) is 2.86. The van der Waals surface area contributed by atoms with Gasteiger partial charge in [0.1, 0.15) is 11.9 Å². The third kappa shape index (κ3) is 2.77. The van der Waals surface area contributed by atoms with Crippen molar-refractivity contribution in [2.45, 2.75) is 12.0 Å². The summed E-state index contributed by atoms with van der Waals surface area (Å²) in [4.78, 5) is 0. The molecule has 4 heteroatoms. The van der Waals surface area contributed by atoms with Crippen LogP contribution in [0.15, 0.2) is 51.6 Å². The molecule has 2 unspecified atom stereocenters. The second-order valence-corrected chi connectivity index (χ2v) is 4.77. The van der Waals surface area contributed by atoms with E-state index in [-0.39, 0.29) is 5.92 Å². The van der Waals surface area contributed by atoms with Gasteiger partial charge in [-0.05, 0) is 29.8 Å². The van der Waals surface area contributed by atoms with E-state index < -0.39 is 6.10 Å². The number of furan rings is 1. The second kappa shape index (κ2) is 5.49. The lowest BCUT2D eigenvalue weighted by atomic mass is 9.92. The fraction of sp³-hybridized carbons (Fsp3) is 0.231. The molecule has 0 aliphatic carbocycles. The summed E-state index contributed by atoms with van der Waals surface area (Å²) < 4.78 is 6.21. The van der Waals surface area contributed by atoms with E-state index in [0.717, 1.165) is 10.0 Å². The van der Waals surface area contributed by atoms with Crippen LogP contribution < -0.4 is 5.73 Å². The Balaban J connectivity index is 2.24. The van der Waals surface area contributed by atoms with Crippen molar-refractivity contribution in [1.82, 2.24) is 0 Å². The molecule has 1 aromatic carbocycles. The number of aliphatic hydroxyl groups excluding tert-OH is 1. The van der Waals surface area contributed by atoms with Crippen LogP contribution in [-0.4, -0.2) is 11.7 Å². The Labute approximate surface area is 108 Å². The molecule has 1 aromatic heterocycles. The summed E-state index contributed by atoms with van der Waals surface area (Å²) in [6, 6.07) is 11.3. The van der Waals surface area contributed by atoms with Crippen LogP contribution in [0.3, 0.4) is 0 Å². The van der Waals surface area contributed by atoms with Crippen molar-refractivity contribution in [3.63, 3.8) is 0 Å². The average molecular weight is 296 g/mol. The Bertz CT molecular complexity index is 453. The molecule has 3 nitrogen and oxygen atoms in total. The summed E-state index contributed by atoms with van der Waals surface area (Å²) in [5.41, 5.74) is 6.74. The van der Waals surface area contributed by atoms with E-state index in [4.69, 9.17) is 10.2 Å². The fourth-order valence-corrected chi connectivity index (χ4v) is 2.08. The first-order valence-corrected chi connectivity index (χ1v) is 6.18. The standard InChI is InChI=1S/C13H14BrNO2/c14-10-5-3-9(4-6-10)11(8-15)13(16)12-2-1-7-17-12/h1-7,11,13,16H,8,15H2. The van der Waals surface area contributed by atoms with Gasteiger partial charge in [0.2, 0.25) is 0 Å². The summed E-state index contributed by atoms with van der Waals surface area (Å²) >= 11 is 3.38. The molecule has 0 fully saturated rings. The number of aliphatic hydroxyl groups is 1. The van der Waals surface area contributed by atoms with Crippen LogP contribution in [0.5, 0.6) is 0 Å². The van der Waals surface area contributed by atoms with Crippen molar-refractivity contribution in [2.24, 2.45) is 5.73 Å². The summed E-state index contributed by atoms with van der Waals surface area (Å²) in [6.45, 7) is 0.365. The highest BCUT2D eigenvalue weighted by atomic mass is 79.9. The van der Waals surface area contributed by atoms with Gasteiger partial charge in [-0.25, -0.2) is 0 Å². The molecule has 2 atom stereocenters. The Hall–Kier alpha value is -1.10. The van der Waals surface area contributed by atoms with Gasteiger partial charge in [-0.15, -0.1) is 0 Å². The van der Waals surface area contributed by atoms with Crippen LogP contribution in [-0.2, 0) is 0 Å². The fourth-order valence-electron chi connectivity index (χ4n) is 1.82. The molecule has 0 saturated heterocycles. The van der Waals surface area contributed by atoms with Gasteiger partial charge in [0.25, 0.3) is 0 Å². The molecule has 90 valence electrons. The van der Waals surface area contributed by atoms with Crippen LogP contribution in [0.1, 0.15) is 23.3 Å². The molecule has 0 spiro atoms. The summed E-state index contributed by atoms with van der Waals surface area (Å²) in [5.74, 6) is 0.387. The van der Waals surface area contributed by atoms with Crippen molar-refractivity contribution in [1.29, 1.82) is 0 Å². The van der Waals surface area contributed by atoms with E-state index in [2.05, 4.69) is 15.9 Å². The minimum atomic E-state index is -0.712. The first-order valence-electron chi connectivity index (χ1n) is 5.39. The van der Waals surface area contributed by atoms with Crippen molar-refractivity contribution < 1.29 is 9.52 Å². The SMILES string of the molecule is NCC(c1ccc(Br)cc1)C(O)c1ccco1. The topological polar surface area (TPSA) is 59.4 Å². The van der Waals surface area contributed by atoms with Crippen molar-refractivity contribution in [2.75, 3.05) is 6.54 Å². The minimum absolute atomic E-state index is 0.158. The van der Waals surface area contributed by atoms with Crippen molar-refractivity contribution >= 4 is 15.9 Å². The highest BCUT2D eigenvalue weighted by Crippen LogP contribution is 2.30. The lowest BCUT2D eigenvalue weighted by Crippen LogP contribution is -2.19. The Morgan fingerprint density at radius 2 is 1.94 bits per heavy atom. The zero-order valence-electron chi connectivity index (χ0n) is 9.21. The molecule has 1 heterocycles. The smallest absolute Gasteiger partial charge is 0.132 e. The molecule has 0 radical (unpaired) electrons. The zero-order valence-corrected chi connectivity index (χ0v) is 10.8. The summed E-state index contributed by atoms with van der Waals surface area (Å²) in [5, 5.41) is 10.2. The summed E-state index contributed by atoms with van der Waals surface area (Å²) in [6.07, 6.45) is 0.837. The van der Waals surface area contributed by atoms with Gasteiger partial charge >= 0.3 is 0 Å². The first-order chi connectivity index (χ1) is 8.22. The first kappa shape index (κ1) is 12.4. The van der Waals surface area contributed by atoms with Gasteiger partial charge in [-0.2, -0.15) is 0 Å². The number of hydrogen-bond acceptors (Lipinski definition) is 3. The predicted molar refractivity (Wildman–Crippen MR) is 69.6 cm³/mol. The number of halogens is 1. The van der Waals surface area contributed by atoms with E-state index >= 15 is 0 Å². The highest BCUT2D eigenvalue weighted by molar-refractivity contribution is 9.10. The van der Waals surface area contributed by atoms with Crippen LogP contribution in [0.2, 0.25) is 0 Å². The highest BCUT2D eigenvalue weighted by Gasteiger charge is 2.23. The normalized spacial score (nSPS) is 14.5. The van der Waals surface area contributed by atoms with E-state index in [1.807, 2.05) is 24.3 Å². The molecule has 0 aliphatic heterocycles. The monoisotopic (exact) mass is 295 g/mol. The van der Waals surface area contributed by atoms with Gasteiger partial charge in [0.15, 0.2) is 0 Å². The molecular weight excluding hydrogens is 282 g/mol. The maximum atomic E-state index is 10.2. The van der Waals surface area contributed by atoms with Gasteiger partial charge in [0, 0.05) is 16.9 Å². The zero-order chi connectivity index (χ0) is 12.3. The molecule has 0 amide bonds. The third-order valence-corrected chi connectivity index (χ3v) is 3.30. The number of benzene rings is 1. The number of hydrogen-bond donors (Lipinski definition) is 2. The molecule has 0 aliphatic rings. The molecular formula is C13H14BrNO2. The lowest BCUT2D eigenvalue weighted by molar-refractivity contribution is 0.122. The number of rotatable bonds is 4. The third-order valence-electron chi connectivity index (χ3n) is 2.77. The van der Waals surface area contributed by atoms with E-state index in [9.17, 15) is 5.11 Å². The molecule has 2 rings (SSSR count). The summed E-state index contributed by atoms with van der Waals surface area (Å²) in [7, 11) is 0. The van der Waals surface area contributed by atoms with E-state index in [1.165, 1.54) is 0 Å². The van der Waals surface area contributed by atoms with Gasteiger partial charge in [0.05, 0.1) is 6.26 Å². The van der Waals surface area contributed by atoms with Crippen molar-refractivity contribution in [3.8, 4) is 0 Å². The molecule has 2 aromatic rings. The Morgan fingerprint density at radius 1 is 1.24 bits per heavy atom. The quantitative estimate of drug-likeness (QED) is 0.912. The molecule has 0 bridgehead atoms. The number of nitrogens with two attached hydrogens (primary N) is 1. The Kier molecular flexibility index (Phi) is 3.99. The van der Waals surface area contributed by atoms with Crippen molar-refractivity contribution in [3.05, 3.63) is 58.5 Å². The van der Waals surface area contributed by atoms with Gasteiger partial charge < -0.3 is 15.3 Å². The van der Waals surface area contributed by atoms with Crippen LogP contribution in [0, 0.1) is 0 Å². The molecule has 0 saturated carbocycles. The maximum Gasteiger partial charge on any atom is 0.132 e. The molecule has 17 heavy (non-hydrogen) atoms. The van der Waals surface area contributed by atoms with Crippen LogP contribution in [0.25, 0.3) is 0 Å². The van der Waals surface area contributed by atoms with Crippen LogP contribution >= 0.6 is 15.9 Å². The predicted octanol–water partition coefficient (Wildman–Crippen LogP) is 2.82. The van der Waals surface area contributed by atoms with Gasteiger partial charge in [-0.3, -0.25) is 0 Å². The largest absolute Gasteiger partial charge is 0.467 e. The lowest BCUT2D eigenvalue weighted by Gasteiger charge is -2.20.